The van der Waals surface area contributed by atoms with Gasteiger partial charge in [0.1, 0.15) is 11.7 Å². The second-order valence-electron chi connectivity index (χ2n) is 7.86. The lowest BCUT2D eigenvalue weighted by Gasteiger charge is -2.20. The van der Waals surface area contributed by atoms with Crippen molar-refractivity contribution in [1.82, 2.24) is 30.2 Å². The quantitative estimate of drug-likeness (QED) is 0.503. The molecule has 2 atom stereocenters. The number of likely N-dealkylation sites (tertiary alicyclic amines) is 1. The molecule has 3 N–H and O–H groups in total. The van der Waals surface area contributed by atoms with Gasteiger partial charge < -0.3 is 20.5 Å². The summed E-state index contributed by atoms with van der Waals surface area (Å²) in [5.41, 5.74) is 1.27. The lowest BCUT2D eigenvalue weighted by atomic mass is 10.1. The van der Waals surface area contributed by atoms with Crippen LogP contribution in [0.15, 0.2) is 24.7 Å². The molecule has 0 aliphatic carbocycles. The number of amides is 1. The highest BCUT2D eigenvalue weighted by atomic mass is 35.5. The fourth-order valence-electron chi connectivity index (χ4n) is 3.89. The summed E-state index contributed by atoms with van der Waals surface area (Å²) in [6, 6.07) is 1.59. The first-order chi connectivity index (χ1) is 14.9. The van der Waals surface area contributed by atoms with E-state index in [1.807, 2.05) is 0 Å². The zero-order chi connectivity index (χ0) is 22.0. The van der Waals surface area contributed by atoms with Gasteiger partial charge >= 0.3 is 0 Å². The maximum absolute atomic E-state index is 14.3. The van der Waals surface area contributed by atoms with Crippen molar-refractivity contribution < 1.29 is 13.5 Å². The fraction of sp³-hybridized carbons (Fsp3) is 0.429. The van der Waals surface area contributed by atoms with Crippen LogP contribution in [0.1, 0.15) is 30.5 Å². The van der Waals surface area contributed by atoms with Crippen LogP contribution >= 0.6 is 11.6 Å². The van der Waals surface area contributed by atoms with Crippen molar-refractivity contribution in [2.24, 2.45) is 0 Å². The Hall–Kier alpha value is -2.78. The first-order valence-electron chi connectivity index (χ1n) is 10.3. The summed E-state index contributed by atoms with van der Waals surface area (Å²) in [5.74, 6) is -0.570. The molecule has 4 rings (SSSR count). The summed E-state index contributed by atoms with van der Waals surface area (Å²) < 4.78 is 14.3. The van der Waals surface area contributed by atoms with E-state index in [0.717, 1.165) is 31.0 Å². The number of pyridine rings is 1. The minimum Gasteiger partial charge on any atom is -0.356 e. The van der Waals surface area contributed by atoms with Gasteiger partial charge in [0, 0.05) is 40.2 Å². The van der Waals surface area contributed by atoms with Crippen molar-refractivity contribution in [3.05, 3.63) is 35.5 Å². The number of rotatable bonds is 7. The number of H-pyrrole nitrogens is 1. The predicted octanol–water partition coefficient (Wildman–Crippen LogP) is 3.95. The van der Waals surface area contributed by atoms with Crippen LogP contribution in [-0.2, 0) is 4.79 Å². The van der Waals surface area contributed by atoms with Gasteiger partial charge in [-0.1, -0.05) is 11.6 Å². The maximum Gasteiger partial charge on any atom is 0.242 e. The standard InChI is InChI=1S/C21H25ClFN7O.3H2/c1-12(21(31)24-6-5-14-4-3-7-30(14)2)28-20-17(23)11-27-19(29-20)16-10-26-18-15(16)8-13(22)9-25-18;;;/h8-12,14H,3-7H2,1-2H3,(H,24,31)(H,25,26)(H,27,28,29);3*1H/t12-,14?;;;/m0.../s1. The molecule has 170 valence electrons. The molecule has 3 aromatic rings. The molecule has 0 aromatic carbocycles. The SMILES string of the molecule is C[C@H](Nc1nc(-c2c[nH]c3ncc(Cl)cc23)ncc1F)C(=O)NCCC1CCCN1C.[HH].[HH].[HH]. The zero-order valence-corrected chi connectivity index (χ0v) is 18.2. The lowest BCUT2D eigenvalue weighted by molar-refractivity contribution is -0.121. The highest BCUT2D eigenvalue weighted by Gasteiger charge is 2.22. The first kappa shape index (κ1) is 21.5. The highest BCUT2D eigenvalue weighted by Crippen LogP contribution is 2.28. The van der Waals surface area contributed by atoms with E-state index in [1.165, 1.54) is 12.6 Å². The molecule has 1 unspecified atom stereocenters. The number of anilines is 1. The summed E-state index contributed by atoms with van der Waals surface area (Å²) in [6.07, 6.45) is 7.57. The molecule has 1 saturated heterocycles. The van der Waals surface area contributed by atoms with Crippen LogP contribution in [0, 0.1) is 5.82 Å². The van der Waals surface area contributed by atoms with E-state index < -0.39 is 11.9 Å². The molecule has 1 fully saturated rings. The first-order valence-corrected chi connectivity index (χ1v) is 10.7. The topological polar surface area (TPSA) is 98.8 Å². The third-order valence-electron chi connectivity index (χ3n) is 5.68. The lowest BCUT2D eigenvalue weighted by Crippen LogP contribution is -2.40. The molecular weight excluding hydrogens is 421 g/mol. The minimum atomic E-state index is -0.655. The zero-order valence-electron chi connectivity index (χ0n) is 17.5. The third kappa shape index (κ3) is 4.77. The Morgan fingerprint density at radius 2 is 2.29 bits per heavy atom. The van der Waals surface area contributed by atoms with Crippen molar-refractivity contribution in [2.45, 2.75) is 38.3 Å². The highest BCUT2D eigenvalue weighted by molar-refractivity contribution is 6.31. The molecule has 1 aliphatic heterocycles. The predicted molar refractivity (Wildman–Crippen MR) is 125 cm³/mol. The number of carbonyl (C=O) groups excluding carboxylic acids is 1. The summed E-state index contributed by atoms with van der Waals surface area (Å²) in [5, 5.41) is 6.98. The summed E-state index contributed by atoms with van der Waals surface area (Å²) >= 11 is 6.05. The Morgan fingerprint density at radius 3 is 3.06 bits per heavy atom. The molecule has 0 bridgehead atoms. The van der Waals surface area contributed by atoms with Gasteiger partial charge in [0.2, 0.25) is 5.91 Å². The van der Waals surface area contributed by atoms with Crippen LogP contribution < -0.4 is 10.6 Å². The average Bonchev–Trinajstić information content (AvgIpc) is 3.35. The molecule has 10 heteroatoms. The number of fused-ring (bicyclic) bond motifs is 1. The van der Waals surface area contributed by atoms with E-state index in [0.29, 0.717) is 34.6 Å². The molecule has 0 saturated carbocycles. The Morgan fingerprint density at radius 1 is 1.45 bits per heavy atom. The minimum absolute atomic E-state index is 0. The normalized spacial score (nSPS) is 17.7. The third-order valence-corrected chi connectivity index (χ3v) is 5.88. The van der Waals surface area contributed by atoms with Crippen LogP contribution in [0.4, 0.5) is 10.2 Å². The van der Waals surface area contributed by atoms with E-state index in [-0.39, 0.29) is 16.0 Å². The fourth-order valence-corrected chi connectivity index (χ4v) is 4.05. The van der Waals surface area contributed by atoms with Gasteiger partial charge in [-0.2, -0.15) is 0 Å². The van der Waals surface area contributed by atoms with Gasteiger partial charge in [-0.05, 0) is 45.8 Å². The van der Waals surface area contributed by atoms with Gasteiger partial charge in [0.15, 0.2) is 17.5 Å². The molecule has 4 heterocycles. The Bertz CT molecular complexity index is 1100. The number of hydrogen-bond acceptors (Lipinski definition) is 6. The molecule has 8 nitrogen and oxygen atoms in total. The van der Waals surface area contributed by atoms with Crippen molar-refractivity contribution in [3.63, 3.8) is 0 Å². The van der Waals surface area contributed by atoms with E-state index in [1.54, 1.807) is 19.2 Å². The molecule has 0 radical (unpaired) electrons. The summed E-state index contributed by atoms with van der Waals surface area (Å²) in [6.45, 7) is 3.36. The second kappa shape index (κ2) is 9.15. The Balaban J connectivity index is 0.00000193. The van der Waals surface area contributed by atoms with E-state index in [4.69, 9.17) is 11.6 Å². The molecular formula is C21H31ClFN7O. The van der Waals surface area contributed by atoms with Crippen molar-refractivity contribution >= 4 is 34.4 Å². The average molecular weight is 452 g/mol. The molecule has 0 spiro atoms. The summed E-state index contributed by atoms with van der Waals surface area (Å²) in [4.78, 5) is 30.4. The van der Waals surface area contributed by atoms with Gasteiger partial charge in [-0.25, -0.2) is 19.3 Å². The van der Waals surface area contributed by atoms with Crippen molar-refractivity contribution in [1.29, 1.82) is 0 Å². The van der Waals surface area contributed by atoms with Crippen LogP contribution in [0.2, 0.25) is 5.02 Å². The monoisotopic (exact) mass is 451 g/mol. The van der Waals surface area contributed by atoms with Crippen LogP contribution in [-0.4, -0.2) is 63.0 Å². The number of aromatic nitrogens is 4. The molecule has 1 amide bonds. The molecule has 1 aliphatic rings. The van der Waals surface area contributed by atoms with E-state index >= 15 is 0 Å². The molecule has 31 heavy (non-hydrogen) atoms. The number of nitrogens with one attached hydrogen (secondary N) is 3. The van der Waals surface area contributed by atoms with E-state index in [2.05, 4.69) is 42.5 Å². The number of nitrogens with zero attached hydrogens (tertiary/aromatic N) is 4. The van der Waals surface area contributed by atoms with Gasteiger partial charge in [-0.15, -0.1) is 0 Å². The Kier molecular flexibility index (Phi) is 6.33. The Labute approximate surface area is 189 Å². The van der Waals surface area contributed by atoms with Crippen molar-refractivity contribution in [3.8, 4) is 11.4 Å². The number of hydrogen-bond donors (Lipinski definition) is 3. The van der Waals surface area contributed by atoms with Gasteiger partial charge in [-0.3, -0.25) is 4.79 Å². The van der Waals surface area contributed by atoms with E-state index in [9.17, 15) is 9.18 Å². The number of aromatic amines is 1. The van der Waals surface area contributed by atoms with Crippen LogP contribution in [0.25, 0.3) is 22.4 Å². The molecule has 3 aromatic heterocycles. The van der Waals surface area contributed by atoms with Crippen molar-refractivity contribution in [2.75, 3.05) is 25.5 Å². The number of halogens is 2. The maximum atomic E-state index is 14.3. The smallest absolute Gasteiger partial charge is 0.242 e. The van der Waals surface area contributed by atoms with Crippen LogP contribution in [0.5, 0.6) is 0 Å². The largest absolute Gasteiger partial charge is 0.356 e. The van der Waals surface area contributed by atoms with Gasteiger partial charge in [0.05, 0.1) is 11.2 Å². The number of carbonyl (C=O) groups is 1. The van der Waals surface area contributed by atoms with Crippen LogP contribution in [0.3, 0.4) is 0 Å². The second-order valence-corrected chi connectivity index (χ2v) is 8.30. The summed E-state index contributed by atoms with van der Waals surface area (Å²) in [7, 11) is 2.11. The van der Waals surface area contributed by atoms with Gasteiger partial charge in [0.25, 0.3) is 0 Å².